The summed E-state index contributed by atoms with van der Waals surface area (Å²) in [6.07, 6.45) is 2.75. The Labute approximate surface area is 107 Å². The van der Waals surface area contributed by atoms with Gasteiger partial charge >= 0.3 is 0 Å². The average Bonchev–Trinajstić information content (AvgIpc) is 2.99. The summed E-state index contributed by atoms with van der Waals surface area (Å²) < 4.78 is 0. The van der Waals surface area contributed by atoms with Gasteiger partial charge in [-0.15, -0.1) is 11.3 Å². The highest BCUT2D eigenvalue weighted by Gasteiger charge is 2.33. The largest absolute Gasteiger partial charge is 0.329 e. The number of hydrogen-bond acceptors (Lipinski definition) is 4. The summed E-state index contributed by atoms with van der Waals surface area (Å²) in [6.45, 7) is 5.67. The lowest BCUT2D eigenvalue weighted by atomic mass is 10.1. The number of thiophene rings is 1. The Balaban J connectivity index is 1.71. The van der Waals surface area contributed by atoms with Crippen molar-refractivity contribution in [2.24, 2.45) is 5.73 Å². The molecule has 17 heavy (non-hydrogen) atoms. The van der Waals surface area contributed by atoms with Crippen molar-refractivity contribution in [3.63, 3.8) is 0 Å². The Morgan fingerprint density at radius 3 is 3.12 bits per heavy atom. The minimum atomic E-state index is 0.442. The molecule has 0 amide bonds. The second-order valence-corrected chi connectivity index (χ2v) is 6.07. The van der Waals surface area contributed by atoms with Crippen LogP contribution in [-0.4, -0.2) is 48.6 Å². The zero-order chi connectivity index (χ0) is 11.7. The third-order valence-corrected chi connectivity index (χ3v) is 5.13. The van der Waals surface area contributed by atoms with Crippen LogP contribution in [-0.2, 0) is 0 Å². The summed E-state index contributed by atoms with van der Waals surface area (Å²) in [5.74, 6) is 0. The molecule has 94 valence electrons. The van der Waals surface area contributed by atoms with E-state index in [4.69, 9.17) is 5.73 Å². The van der Waals surface area contributed by atoms with Gasteiger partial charge in [0.1, 0.15) is 0 Å². The summed E-state index contributed by atoms with van der Waals surface area (Å²) >= 11 is 1.84. The van der Waals surface area contributed by atoms with Gasteiger partial charge in [0.15, 0.2) is 0 Å². The van der Waals surface area contributed by atoms with E-state index >= 15 is 0 Å². The normalized spacial score (nSPS) is 28.2. The molecule has 2 aliphatic rings. The van der Waals surface area contributed by atoms with Crippen LogP contribution < -0.4 is 5.73 Å². The van der Waals surface area contributed by atoms with Crippen LogP contribution >= 0.6 is 11.3 Å². The second kappa shape index (κ2) is 5.06. The Hall–Kier alpha value is -0.420. The summed E-state index contributed by atoms with van der Waals surface area (Å²) in [6, 6.07) is 5.59. The van der Waals surface area contributed by atoms with E-state index < -0.39 is 0 Å². The van der Waals surface area contributed by atoms with Crippen molar-refractivity contribution in [1.29, 1.82) is 0 Å². The molecule has 2 aliphatic heterocycles. The Bertz CT molecular complexity index is 352. The van der Waals surface area contributed by atoms with E-state index in [0.717, 1.165) is 12.6 Å². The van der Waals surface area contributed by atoms with Crippen molar-refractivity contribution >= 4 is 11.3 Å². The molecule has 3 rings (SSSR count). The predicted molar refractivity (Wildman–Crippen MR) is 72.3 cm³/mol. The standard InChI is InChI=1S/C13H21N3S/c14-9-12(13-4-2-8-17-13)16-7-6-15-5-1-3-11(15)10-16/h2,4,8,11-12H,1,3,5-7,9-10,14H2. The monoisotopic (exact) mass is 251 g/mol. The molecule has 2 atom stereocenters. The van der Waals surface area contributed by atoms with Crippen LogP contribution in [0.4, 0.5) is 0 Å². The number of nitrogens with zero attached hydrogens (tertiary/aromatic N) is 2. The van der Waals surface area contributed by atoms with Crippen molar-refractivity contribution in [1.82, 2.24) is 9.80 Å². The van der Waals surface area contributed by atoms with Gasteiger partial charge in [-0.3, -0.25) is 9.80 Å². The van der Waals surface area contributed by atoms with Gasteiger partial charge in [0, 0.05) is 37.1 Å². The van der Waals surface area contributed by atoms with Gasteiger partial charge in [-0.25, -0.2) is 0 Å². The van der Waals surface area contributed by atoms with Gasteiger partial charge in [-0.1, -0.05) is 6.07 Å². The third kappa shape index (κ3) is 2.27. The van der Waals surface area contributed by atoms with Crippen molar-refractivity contribution in [3.05, 3.63) is 22.4 Å². The summed E-state index contributed by atoms with van der Waals surface area (Å²) in [4.78, 5) is 6.68. The lowest BCUT2D eigenvalue weighted by Crippen LogP contribution is -2.52. The molecule has 3 nitrogen and oxygen atoms in total. The molecule has 0 aromatic carbocycles. The second-order valence-electron chi connectivity index (χ2n) is 5.09. The molecular weight excluding hydrogens is 230 g/mol. The van der Waals surface area contributed by atoms with E-state index in [-0.39, 0.29) is 0 Å². The maximum Gasteiger partial charge on any atom is 0.0565 e. The van der Waals surface area contributed by atoms with Crippen molar-refractivity contribution in [2.75, 3.05) is 32.7 Å². The van der Waals surface area contributed by atoms with E-state index in [9.17, 15) is 0 Å². The predicted octanol–water partition coefficient (Wildman–Crippen LogP) is 1.53. The fraction of sp³-hybridized carbons (Fsp3) is 0.692. The molecule has 1 aromatic heterocycles. The Kier molecular flexibility index (Phi) is 3.47. The molecule has 0 bridgehead atoms. The van der Waals surface area contributed by atoms with Gasteiger partial charge in [-0.2, -0.15) is 0 Å². The smallest absolute Gasteiger partial charge is 0.0565 e. The van der Waals surface area contributed by atoms with E-state index in [1.54, 1.807) is 0 Å². The summed E-state index contributed by atoms with van der Waals surface area (Å²) in [5.41, 5.74) is 5.98. The Morgan fingerprint density at radius 2 is 2.35 bits per heavy atom. The zero-order valence-electron chi connectivity index (χ0n) is 10.2. The third-order valence-electron chi connectivity index (χ3n) is 4.15. The van der Waals surface area contributed by atoms with Crippen molar-refractivity contribution in [2.45, 2.75) is 24.9 Å². The van der Waals surface area contributed by atoms with Gasteiger partial charge in [0.05, 0.1) is 6.04 Å². The van der Waals surface area contributed by atoms with Crippen molar-refractivity contribution < 1.29 is 0 Å². The average molecular weight is 251 g/mol. The van der Waals surface area contributed by atoms with Gasteiger partial charge in [0.25, 0.3) is 0 Å². The molecule has 3 heterocycles. The summed E-state index contributed by atoms with van der Waals surface area (Å²) in [7, 11) is 0. The number of fused-ring (bicyclic) bond motifs is 1. The SMILES string of the molecule is NCC(c1cccs1)N1CCN2CCCC2C1. The molecule has 2 unspecified atom stereocenters. The first kappa shape index (κ1) is 11.7. The fourth-order valence-corrected chi connectivity index (χ4v) is 4.10. The van der Waals surface area contributed by atoms with Gasteiger partial charge in [-0.05, 0) is 30.8 Å². The lowest BCUT2D eigenvalue weighted by molar-refractivity contribution is 0.0748. The van der Waals surface area contributed by atoms with E-state index in [2.05, 4.69) is 27.3 Å². The highest BCUT2D eigenvalue weighted by Crippen LogP contribution is 2.29. The molecule has 2 saturated heterocycles. The van der Waals surface area contributed by atoms with Crippen LogP contribution in [0.5, 0.6) is 0 Å². The highest BCUT2D eigenvalue weighted by molar-refractivity contribution is 7.10. The van der Waals surface area contributed by atoms with Crippen LogP contribution in [0.2, 0.25) is 0 Å². The molecule has 0 aliphatic carbocycles. The summed E-state index contributed by atoms with van der Waals surface area (Å²) in [5, 5.41) is 2.16. The number of piperazine rings is 1. The first-order valence-corrected chi connectivity index (χ1v) is 7.48. The first-order chi connectivity index (χ1) is 8.38. The number of hydrogen-bond donors (Lipinski definition) is 1. The topological polar surface area (TPSA) is 32.5 Å². The van der Waals surface area contributed by atoms with Gasteiger partial charge in [0.2, 0.25) is 0 Å². The van der Waals surface area contributed by atoms with Crippen LogP contribution in [0.1, 0.15) is 23.8 Å². The highest BCUT2D eigenvalue weighted by atomic mass is 32.1. The first-order valence-electron chi connectivity index (χ1n) is 6.60. The quantitative estimate of drug-likeness (QED) is 0.884. The Morgan fingerprint density at radius 1 is 1.41 bits per heavy atom. The van der Waals surface area contributed by atoms with E-state index in [1.165, 1.54) is 43.9 Å². The number of nitrogens with two attached hydrogens (primary N) is 1. The van der Waals surface area contributed by atoms with Crippen LogP contribution in [0.3, 0.4) is 0 Å². The van der Waals surface area contributed by atoms with E-state index in [0.29, 0.717) is 6.04 Å². The maximum absolute atomic E-state index is 5.98. The van der Waals surface area contributed by atoms with Crippen LogP contribution in [0.25, 0.3) is 0 Å². The van der Waals surface area contributed by atoms with Gasteiger partial charge < -0.3 is 5.73 Å². The molecular formula is C13H21N3S. The molecule has 2 N–H and O–H groups in total. The van der Waals surface area contributed by atoms with E-state index in [1.807, 2.05) is 11.3 Å². The minimum absolute atomic E-state index is 0.442. The molecule has 2 fully saturated rings. The van der Waals surface area contributed by atoms with Crippen LogP contribution in [0.15, 0.2) is 17.5 Å². The molecule has 0 saturated carbocycles. The molecule has 1 aromatic rings. The molecule has 4 heteroatoms. The number of rotatable bonds is 3. The molecule has 0 radical (unpaired) electrons. The maximum atomic E-state index is 5.98. The van der Waals surface area contributed by atoms with Crippen LogP contribution in [0, 0.1) is 0 Å². The van der Waals surface area contributed by atoms with Crippen molar-refractivity contribution in [3.8, 4) is 0 Å². The lowest BCUT2D eigenvalue weighted by Gasteiger charge is -2.41. The minimum Gasteiger partial charge on any atom is -0.329 e. The zero-order valence-corrected chi connectivity index (χ0v) is 11.0. The molecule has 0 spiro atoms. The fourth-order valence-electron chi connectivity index (χ4n) is 3.22.